The first kappa shape index (κ1) is 33.0. The van der Waals surface area contributed by atoms with E-state index in [-0.39, 0.29) is 37.5 Å². The van der Waals surface area contributed by atoms with Gasteiger partial charge in [0, 0.05) is 55.2 Å². The smallest absolute Gasteiger partial charge is 0.435 e. The van der Waals surface area contributed by atoms with Crippen LogP contribution >= 0.6 is 0 Å². The molecule has 11 nitrogen and oxygen atoms in total. The van der Waals surface area contributed by atoms with E-state index in [4.69, 9.17) is 4.74 Å². The number of carbonyl (C=O) groups is 3. The number of piperazine rings is 1. The van der Waals surface area contributed by atoms with Crippen LogP contribution in [0, 0.1) is 0 Å². The maximum atomic E-state index is 13.9. The number of aromatic nitrogens is 2. The van der Waals surface area contributed by atoms with Gasteiger partial charge in [-0.2, -0.15) is 4.68 Å². The average molecular weight is 630 g/mol. The van der Waals surface area contributed by atoms with Gasteiger partial charge in [0.2, 0.25) is 0 Å². The van der Waals surface area contributed by atoms with E-state index in [1.54, 1.807) is 9.80 Å². The lowest BCUT2D eigenvalue weighted by molar-refractivity contribution is 0.102. The molecule has 0 atom stereocenters. The van der Waals surface area contributed by atoms with E-state index in [0.717, 1.165) is 75.2 Å². The summed E-state index contributed by atoms with van der Waals surface area (Å²) in [7, 11) is 2.12. The van der Waals surface area contributed by atoms with E-state index in [1.807, 2.05) is 55.5 Å². The van der Waals surface area contributed by atoms with Crippen molar-refractivity contribution < 1.29 is 19.1 Å². The predicted molar refractivity (Wildman–Crippen MR) is 181 cm³/mol. The van der Waals surface area contributed by atoms with Crippen LogP contribution < -0.4 is 15.1 Å². The van der Waals surface area contributed by atoms with Crippen LogP contribution in [0.4, 0.5) is 26.8 Å². The number of unbranched alkanes of at least 4 members (excludes halogenated alkanes) is 3. The molecular weight excluding hydrogens is 582 g/mol. The average Bonchev–Trinajstić information content (AvgIpc) is 3.66. The van der Waals surface area contributed by atoms with Crippen molar-refractivity contribution in [3.8, 4) is 0 Å². The number of anilines is 3. The Morgan fingerprint density at radius 2 is 1.65 bits per heavy atom. The Labute approximate surface area is 272 Å². The van der Waals surface area contributed by atoms with Gasteiger partial charge in [-0.05, 0) is 62.7 Å². The first-order chi connectivity index (χ1) is 22.3. The van der Waals surface area contributed by atoms with Crippen molar-refractivity contribution in [2.24, 2.45) is 0 Å². The topological polar surface area (TPSA) is 103 Å². The van der Waals surface area contributed by atoms with Gasteiger partial charge in [-0.15, -0.1) is 5.10 Å². The molecule has 0 bridgehead atoms. The lowest BCUT2D eigenvalue weighted by atomic mass is 10.1. The number of ether oxygens (including phenoxy) is 1. The summed E-state index contributed by atoms with van der Waals surface area (Å²) >= 11 is 0. The molecule has 0 aliphatic carbocycles. The molecule has 1 N–H and O–H groups in total. The second-order valence-corrected chi connectivity index (χ2v) is 12.0. The highest BCUT2D eigenvalue weighted by molar-refractivity contribution is 6.04. The van der Waals surface area contributed by atoms with E-state index in [2.05, 4.69) is 41.1 Å². The summed E-state index contributed by atoms with van der Waals surface area (Å²) < 4.78 is 6.78. The Hall–Kier alpha value is -4.38. The highest BCUT2D eigenvalue weighted by atomic mass is 16.6. The molecule has 1 saturated heterocycles. The van der Waals surface area contributed by atoms with Crippen molar-refractivity contribution in [3.05, 3.63) is 70.9 Å². The predicted octanol–water partition coefficient (Wildman–Crippen LogP) is 5.98. The standard InChI is InChI=1S/C35H47N7O4/c1-5-8-9-12-23-46-35(45)42-31-25-40(34(44)41(7-3)30-14-11-10-13-26(30)6-2)24-29(31)32(37-42)36-33(43)27-15-17-28(18-16-27)39-21-19-38(4)20-22-39/h10-11,13-18H,5-9,12,19-25H2,1-4H3,(H,36,37,43). The number of hydrogen-bond acceptors (Lipinski definition) is 7. The molecule has 1 fully saturated rings. The summed E-state index contributed by atoms with van der Waals surface area (Å²) in [6.45, 7) is 11.2. The highest BCUT2D eigenvalue weighted by Gasteiger charge is 2.36. The zero-order valence-electron chi connectivity index (χ0n) is 27.6. The van der Waals surface area contributed by atoms with E-state index in [9.17, 15) is 14.4 Å². The first-order valence-corrected chi connectivity index (χ1v) is 16.6. The number of rotatable bonds is 11. The number of carbonyl (C=O) groups excluding carboxylic acids is 3. The van der Waals surface area contributed by atoms with E-state index >= 15 is 0 Å². The lowest BCUT2D eigenvalue weighted by Gasteiger charge is -2.34. The summed E-state index contributed by atoms with van der Waals surface area (Å²) in [5.74, 6) is -0.0690. The molecular formula is C35H47N7O4. The number of para-hydroxylation sites is 1. The Bertz CT molecular complexity index is 1510. The highest BCUT2D eigenvalue weighted by Crippen LogP contribution is 2.32. The van der Waals surface area contributed by atoms with Crippen LogP contribution in [0.1, 0.15) is 73.6 Å². The van der Waals surface area contributed by atoms with Crippen LogP contribution in [0.25, 0.3) is 0 Å². The number of hydrogen-bond donors (Lipinski definition) is 1. The van der Waals surface area contributed by atoms with Gasteiger partial charge in [0.05, 0.1) is 25.4 Å². The van der Waals surface area contributed by atoms with Gasteiger partial charge in [0.1, 0.15) is 0 Å². The molecule has 46 heavy (non-hydrogen) atoms. The monoisotopic (exact) mass is 629 g/mol. The van der Waals surface area contributed by atoms with Gasteiger partial charge in [0.15, 0.2) is 5.82 Å². The molecule has 2 aromatic carbocycles. The minimum Gasteiger partial charge on any atom is -0.448 e. The number of benzene rings is 2. The molecule has 1 aromatic heterocycles. The van der Waals surface area contributed by atoms with Gasteiger partial charge in [-0.3, -0.25) is 9.69 Å². The van der Waals surface area contributed by atoms with Gasteiger partial charge >= 0.3 is 12.1 Å². The maximum Gasteiger partial charge on any atom is 0.435 e. The summed E-state index contributed by atoms with van der Waals surface area (Å²) in [4.78, 5) is 48.6. The Morgan fingerprint density at radius 3 is 2.35 bits per heavy atom. The third kappa shape index (κ3) is 7.36. The third-order valence-electron chi connectivity index (χ3n) is 8.89. The van der Waals surface area contributed by atoms with Gasteiger partial charge < -0.3 is 24.8 Å². The van der Waals surface area contributed by atoms with Crippen molar-refractivity contribution >= 4 is 35.2 Å². The van der Waals surface area contributed by atoms with Crippen molar-refractivity contribution in [3.63, 3.8) is 0 Å². The molecule has 11 heteroatoms. The molecule has 0 spiro atoms. The largest absolute Gasteiger partial charge is 0.448 e. The van der Waals surface area contributed by atoms with Crippen molar-refractivity contribution in [1.82, 2.24) is 19.6 Å². The lowest BCUT2D eigenvalue weighted by Crippen LogP contribution is -2.44. The molecule has 0 unspecified atom stereocenters. The third-order valence-corrected chi connectivity index (χ3v) is 8.89. The molecule has 0 radical (unpaired) electrons. The second kappa shape index (κ2) is 15.3. The summed E-state index contributed by atoms with van der Waals surface area (Å²) in [6, 6.07) is 15.3. The fourth-order valence-electron chi connectivity index (χ4n) is 6.10. The second-order valence-electron chi connectivity index (χ2n) is 12.0. The van der Waals surface area contributed by atoms with Crippen LogP contribution in [0.5, 0.6) is 0 Å². The van der Waals surface area contributed by atoms with Crippen LogP contribution in [0.2, 0.25) is 0 Å². The van der Waals surface area contributed by atoms with Gasteiger partial charge in [0.25, 0.3) is 5.91 Å². The Balaban J connectivity index is 1.35. The SMILES string of the molecule is CCCCCCOC(=O)n1nc(NC(=O)c2ccc(N3CCN(C)CC3)cc2)c2c1CN(C(=O)N(CC)c1ccccc1CC)C2. The number of aryl methyl sites for hydroxylation is 1. The van der Waals surface area contributed by atoms with E-state index < -0.39 is 6.09 Å². The normalized spacial score (nSPS) is 14.7. The van der Waals surface area contributed by atoms with Crippen LogP contribution in [0.3, 0.4) is 0 Å². The summed E-state index contributed by atoms with van der Waals surface area (Å²) in [6.07, 6.45) is 4.10. The minimum absolute atomic E-state index is 0.171. The Kier molecular flexibility index (Phi) is 11.0. The number of likely N-dealkylation sites (N-methyl/N-ethyl adjacent to an activating group) is 1. The zero-order valence-corrected chi connectivity index (χ0v) is 27.6. The number of nitrogens with one attached hydrogen (secondary N) is 1. The number of urea groups is 1. The molecule has 3 amide bonds. The zero-order chi connectivity index (χ0) is 32.6. The Morgan fingerprint density at radius 1 is 0.913 bits per heavy atom. The van der Waals surface area contributed by atoms with Crippen molar-refractivity contribution in [2.45, 2.75) is 66.0 Å². The van der Waals surface area contributed by atoms with Crippen LogP contribution in [-0.4, -0.2) is 84.0 Å². The minimum atomic E-state index is -0.609. The van der Waals surface area contributed by atoms with Crippen LogP contribution in [-0.2, 0) is 24.2 Å². The summed E-state index contributed by atoms with van der Waals surface area (Å²) in [5, 5.41) is 7.43. The van der Waals surface area contributed by atoms with E-state index in [0.29, 0.717) is 23.4 Å². The van der Waals surface area contributed by atoms with Crippen LogP contribution in [0.15, 0.2) is 48.5 Å². The molecule has 0 saturated carbocycles. The molecule has 2 aliphatic rings. The quantitative estimate of drug-likeness (QED) is 0.261. The molecule has 3 aromatic rings. The van der Waals surface area contributed by atoms with Gasteiger partial charge in [-0.1, -0.05) is 51.3 Å². The first-order valence-electron chi connectivity index (χ1n) is 16.6. The number of nitrogens with zero attached hydrogens (tertiary/aromatic N) is 6. The number of fused-ring (bicyclic) bond motifs is 1. The molecule has 246 valence electrons. The summed E-state index contributed by atoms with van der Waals surface area (Å²) in [5.41, 5.74) is 4.70. The molecule has 2 aliphatic heterocycles. The van der Waals surface area contributed by atoms with Crippen molar-refractivity contribution in [1.29, 1.82) is 0 Å². The van der Waals surface area contributed by atoms with Crippen molar-refractivity contribution in [2.75, 3.05) is 61.5 Å². The fraction of sp³-hybridized carbons (Fsp3) is 0.486. The maximum absolute atomic E-state index is 13.9. The fourth-order valence-corrected chi connectivity index (χ4v) is 6.10. The molecule has 5 rings (SSSR count). The number of amides is 3. The molecule has 3 heterocycles. The van der Waals surface area contributed by atoms with E-state index in [1.165, 1.54) is 4.68 Å². The van der Waals surface area contributed by atoms with Gasteiger partial charge in [-0.25, -0.2) is 9.59 Å².